The number of carboxylic acids is 1. The first-order valence-electron chi connectivity index (χ1n) is 6.03. The Kier molecular flexibility index (Phi) is 5.85. The number of hydrogen-bond donors (Lipinski definition) is 2. The predicted molar refractivity (Wildman–Crippen MR) is 71.7 cm³/mol. The maximum absolute atomic E-state index is 11.7. The van der Waals surface area contributed by atoms with Gasteiger partial charge in [-0.05, 0) is 30.2 Å². The highest BCUT2D eigenvalue weighted by atomic mass is 32.1. The Morgan fingerprint density at radius 1 is 1.44 bits per heavy atom. The lowest BCUT2D eigenvalue weighted by atomic mass is 10.0. The maximum Gasteiger partial charge on any atom is 0.326 e. The molecule has 100 valence electrons. The summed E-state index contributed by atoms with van der Waals surface area (Å²) in [4.78, 5) is 23.8. The fourth-order valence-corrected chi connectivity index (χ4v) is 2.36. The van der Waals surface area contributed by atoms with Crippen LogP contribution in [0.15, 0.2) is 17.5 Å². The number of carboxylic acid groups (broad SMARTS) is 1. The van der Waals surface area contributed by atoms with Crippen molar-refractivity contribution in [1.29, 1.82) is 0 Å². The molecule has 1 aromatic heterocycles. The van der Waals surface area contributed by atoms with Crippen LogP contribution in [0.5, 0.6) is 0 Å². The number of aliphatic carboxylic acids is 1. The second-order valence-corrected chi connectivity index (χ2v) is 5.70. The van der Waals surface area contributed by atoms with E-state index >= 15 is 0 Å². The van der Waals surface area contributed by atoms with E-state index < -0.39 is 12.0 Å². The highest BCUT2D eigenvalue weighted by molar-refractivity contribution is 7.09. The molecular weight excluding hydrogens is 250 g/mol. The van der Waals surface area contributed by atoms with E-state index in [1.54, 1.807) is 11.3 Å². The largest absolute Gasteiger partial charge is 0.480 e. The lowest BCUT2D eigenvalue weighted by molar-refractivity contribution is -0.142. The molecule has 0 spiro atoms. The Hall–Kier alpha value is -1.36. The number of nitrogens with one attached hydrogen (secondary N) is 1. The molecule has 1 heterocycles. The summed E-state index contributed by atoms with van der Waals surface area (Å²) in [6, 6.07) is 3.14. The molecule has 0 aliphatic carbocycles. The van der Waals surface area contributed by atoms with Crippen LogP contribution < -0.4 is 5.32 Å². The van der Waals surface area contributed by atoms with Gasteiger partial charge in [0.2, 0.25) is 5.91 Å². The highest BCUT2D eigenvalue weighted by Gasteiger charge is 2.20. The van der Waals surface area contributed by atoms with Gasteiger partial charge in [0, 0.05) is 11.3 Å². The molecule has 0 bridgehead atoms. The number of carbonyl (C=O) groups excluding carboxylic acids is 1. The minimum atomic E-state index is -0.965. The van der Waals surface area contributed by atoms with Crippen molar-refractivity contribution in [2.24, 2.45) is 5.92 Å². The summed E-state index contributed by atoms with van der Waals surface area (Å²) < 4.78 is 0. The van der Waals surface area contributed by atoms with Crippen molar-refractivity contribution >= 4 is 23.2 Å². The Labute approximate surface area is 111 Å². The van der Waals surface area contributed by atoms with E-state index in [2.05, 4.69) is 5.32 Å². The molecule has 2 N–H and O–H groups in total. The van der Waals surface area contributed by atoms with Crippen molar-refractivity contribution in [2.45, 2.75) is 39.2 Å². The van der Waals surface area contributed by atoms with Crippen LogP contribution in [-0.2, 0) is 16.0 Å². The number of aryl methyl sites for hydroxylation is 1. The fourth-order valence-electron chi connectivity index (χ4n) is 1.65. The monoisotopic (exact) mass is 269 g/mol. The van der Waals surface area contributed by atoms with Crippen LogP contribution in [0.25, 0.3) is 0 Å². The minimum absolute atomic E-state index is 0.198. The molecule has 1 unspecified atom stereocenters. The third-order valence-electron chi connectivity index (χ3n) is 2.52. The smallest absolute Gasteiger partial charge is 0.326 e. The lowest BCUT2D eigenvalue weighted by Gasteiger charge is -2.16. The van der Waals surface area contributed by atoms with E-state index in [9.17, 15) is 9.59 Å². The van der Waals surface area contributed by atoms with Crippen LogP contribution in [0.2, 0.25) is 0 Å². The summed E-state index contributed by atoms with van der Waals surface area (Å²) in [7, 11) is 0. The molecule has 1 aromatic rings. The predicted octanol–water partition coefficient (Wildman–Crippen LogP) is 2.30. The van der Waals surface area contributed by atoms with E-state index in [4.69, 9.17) is 5.11 Å². The first kappa shape index (κ1) is 14.7. The first-order chi connectivity index (χ1) is 8.49. The zero-order valence-corrected chi connectivity index (χ0v) is 11.5. The van der Waals surface area contributed by atoms with Gasteiger partial charge in [0.1, 0.15) is 6.04 Å². The summed E-state index contributed by atoms with van der Waals surface area (Å²) in [6.45, 7) is 3.88. The zero-order valence-electron chi connectivity index (χ0n) is 10.7. The number of carbonyl (C=O) groups is 2. The summed E-state index contributed by atoms with van der Waals surface area (Å²) in [5.41, 5.74) is 0. The summed E-state index contributed by atoms with van der Waals surface area (Å²) in [5, 5.41) is 13.6. The molecule has 0 fully saturated rings. The van der Waals surface area contributed by atoms with Crippen LogP contribution in [0.3, 0.4) is 0 Å². The molecule has 1 amide bonds. The topological polar surface area (TPSA) is 66.4 Å². The van der Waals surface area contributed by atoms with Gasteiger partial charge in [-0.3, -0.25) is 4.79 Å². The van der Waals surface area contributed by atoms with Gasteiger partial charge in [-0.15, -0.1) is 11.3 Å². The van der Waals surface area contributed by atoms with Gasteiger partial charge >= 0.3 is 5.97 Å². The molecule has 1 rings (SSSR count). The third-order valence-corrected chi connectivity index (χ3v) is 3.46. The van der Waals surface area contributed by atoms with Crippen LogP contribution in [0.1, 0.15) is 31.6 Å². The summed E-state index contributed by atoms with van der Waals surface area (Å²) >= 11 is 1.60. The number of rotatable bonds is 7. The van der Waals surface area contributed by atoms with Crippen molar-refractivity contribution in [3.8, 4) is 0 Å². The van der Waals surface area contributed by atoms with Crippen molar-refractivity contribution in [3.63, 3.8) is 0 Å². The Morgan fingerprint density at radius 3 is 2.67 bits per heavy atom. The Bertz CT molecular complexity index is 387. The molecule has 0 aliphatic rings. The van der Waals surface area contributed by atoms with Crippen molar-refractivity contribution in [3.05, 3.63) is 22.4 Å². The van der Waals surface area contributed by atoms with Crippen LogP contribution in [0, 0.1) is 5.92 Å². The molecule has 5 heteroatoms. The van der Waals surface area contributed by atoms with Gasteiger partial charge in [-0.2, -0.15) is 0 Å². The Balaban J connectivity index is 2.39. The third kappa shape index (κ3) is 5.31. The molecule has 0 aliphatic heterocycles. The van der Waals surface area contributed by atoms with Crippen LogP contribution in [-0.4, -0.2) is 23.0 Å². The van der Waals surface area contributed by atoms with Gasteiger partial charge < -0.3 is 10.4 Å². The molecule has 0 aromatic carbocycles. The number of thiophene rings is 1. The van der Waals surface area contributed by atoms with E-state index in [0.29, 0.717) is 19.3 Å². The number of hydrogen-bond acceptors (Lipinski definition) is 3. The van der Waals surface area contributed by atoms with E-state index in [-0.39, 0.29) is 11.8 Å². The van der Waals surface area contributed by atoms with E-state index in [0.717, 1.165) is 4.88 Å². The molecule has 0 radical (unpaired) electrons. The van der Waals surface area contributed by atoms with Gasteiger partial charge in [0.15, 0.2) is 0 Å². The second-order valence-electron chi connectivity index (χ2n) is 4.67. The van der Waals surface area contributed by atoms with Gasteiger partial charge in [0.25, 0.3) is 0 Å². The first-order valence-corrected chi connectivity index (χ1v) is 6.91. The molecule has 18 heavy (non-hydrogen) atoms. The summed E-state index contributed by atoms with van der Waals surface area (Å²) in [6.07, 6.45) is 1.46. The van der Waals surface area contributed by atoms with E-state index in [1.807, 2.05) is 31.4 Å². The quantitative estimate of drug-likeness (QED) is 0.798. The average molecular weight is 269 g/mol. The highest BCUT2D eigenvalue weighted by Crippen LogP contribution is 2.11. The van der Waals surface area contributed by atoms with Crippen molar-refractivity contribution in [1.82, 2.24) is 5.32 Å². The maximum atomic E-state index is 11.7. The van der Waals surface area contributed by atoms with Crippen LogP contribution >= 0.6 is 11.3 Å². The van der Waals surface area contributed by atoms with Gasteiger partial charge in [-0.1, -0.05) is 19.9 Å². The second kappa shape index (κ2) is 7.16. The van der Waals surface area contributed by atoms with Crippen molar-refractivity contribution < 1.29 is 14.7 Å². The van der Waals surface area contributed by atoms with E-state index in [1.165, 1.54) is 0 Å². The molecular formula is C13H19NO3S. The normalized spacial score (nSPS) is 12.4. The van der Waals surface area contributed by atoms with Gasteiger partial charge in [0.05, 0.1) is 0 Å². The van der Waals surface area contributed by atoms with Crippen molar-refractivity contribution in [2.75, 3.05) is 0 Å². The zero-order chi connectivity index (χ0) is 13.5. The summed E-state index contributed by atoms with van der Waals surface area (Å²) in [5.74, 6) is -0.923. The molecule has 0 saturated heterocycles. The molecule has 0 saturated carbocycles. The average Bonchev–Trinajstić information content (AvgIpc) is 2.77. The SMILES string of the molecule is CC(C)CC(NC(=O)CCc1cccs1)C(=O)O. The number of amides is 1. The molecule has 4 nitrogen and oxygen atoms in total. The van der Waals surface area contributed by atoms with Gasteiger partial charge in [-0.25, -0.2) is 4.79 Å². The minimum Gasteiger partial charge on any atom is -0.480 e. The standard InChI is InChI=1S/C13H19NO3S/c1-9(2)8-11(13(16)17)14-12(15)6-5-10-4-3-7-18-10/h3-4,7,9,11H,5-6,8H2,1-2H3,(H,14,15)(H,16,17). The molecule has 1 atom stereocenters. The fraction of sp³-hybridized carbons (Fsp3) is 0.538. The lowest BCUT2D eigenvalue weighted by Crippen LogP contribution is -2.41. The van der Waals surface area contributed by atoms with Crippen LogP contribution in [0.4, 0.5) is 0 Å². The Morgan fingerprint density at radius 2 is 2.17 bits per heavy atom.